The van der Waals surface area contributed by atoms with Crippen molar-refractivity contribution >= 4 is 21.6 Å². The molecule has 1 amide bonds. The molecule has 0 saturated carbocycles. The number of anilines is 1. The SMILES string of the molecule is COc1ccc(NC(=O)[C@H]2CC=CCC2)cc1S(=O)(=O)N1CCCCC1. The van der Waals surface area contributed by atoms with E-state index in [0.29, 0.717) is 24.5 Å². The number of allylic oxidation sites excluding steroid dienone is 2. The summed E-state index contributed by atoms with van der Waals surface area (Å²) in [5, 5.41) is 2.87. The van der Waals surface area contributed by atoms with Crippen LogP contribution in [0.25, 0.3) is 0 Å². The number of sulfonamides is 1. The molecule has 0 spiro atoms. The number of carbonyl (C=O) groups excluding carboxylic acids is 1. The number of benzene rings is 1. The second-order valence-corrected chi connectivity index (χ2v) is 8.71. The highest BCUT2D eigenvalue weighted by atomic mass is 32.2. The van der Waals surface area contributed by atoms with Gasteiger partial charge in [0.1, 0.15) is 10.6 Å². The highest BCUT2D eigenvalue weighted by Crippen LogP contribution is 2.31. The lowest BCUT2D eigenvalue weighted by Crippen LogP contribution is -2.35. The first-order valence-corrected chi connectivity index (χ1v) is 10.6. The van der Waals surface area contributed by atoms with Crippen LogP contribution < -0.4 is 10.1 Å². The Kier molecular flexibility index (Phi) is 5.98. The molecule has 6 nitrogen and oxygen atoms in total. The van der Waals surface area contributed by atoms with E-state index < -0.39 is 10.0 Å². The number of piperidine rings is 1. The van der Waals surface area contributed by atoms with Crippen LogP contribution in [0.2, 0.25) is 0 Å². The fraction of sp³-hybridized carbons (Fsp3) is 0.526. The van der Waals surface area contributed by atoms with Gasteiger partial charge in [-0.3, -0.25) is 4.79 Å². The number of rotatable bonds is 5. The molecule has 0 radical (unpaired) electrons. The summed E-state index contributed by atoms with van der Waals surface area (Å²) in [6.45, 7) is 1.05. The van der Waals surface area contributed by atoms with Gasteiger partial charge in [0.25, 0.3) is 0 Å². The predicted octanol–water partition coefficient (Wildman–Crippen LogP) is 3.16. The molecule has 1 aliphatic heterocycles. The van der Waals surface area contributed by atoms with E-state index in [0.717, 1.165) is 38.5 Å². The molecular weight excluding hydrogens is 352 g/mol. The lowest BCUT2D eigenvalue weighted by molar-refractivity contribution is -0.120. The maximum absolute atomic E-state index is 13.0. The van der Waals surface area contributed by atoms with Crippen LogP contribution in [0.3, 0.4) is 0 Å². The van der Waals surface area contributed by atoms with Gasteiger partial charge in [0, 0.05) is 24.7 Å². The topological polar surface area (TPSA) is 75.7 Å². The van der Waals surface area contributed by atoms with Gasteiger partial charge in [-0.2, -0.15) is 4.31 Å². The fourth-order valence-corrected chi connectivity index (χ4v) is 5.18. The molecule has 1 aromatic rings. The quantitative estimate of drug-likeness (QED) is 0.799. The Morgan fingerprint density at radius 2 is 1.96 bits per heavy atom. The Bertz CT molecular complexity index is 783. The molecule has 1 N–H and O–H groups in total. The zero-order valence-corrected chi connectivity index (χ0v) is 15.9. The Hall–Kier alpha value is -1.86. The molecule has 0 bridgehead atoms. The van der Waals surface area contributed by atoms with E-state index in [9.17, 15) is 13.2 Å². The van der Waals surface area contributed by atoms with Gasteiger partial charge in [-0.25, -0.2) is 8.42 Å². The number of nitrogens with one attached hydrogen (secondary N) is 1. The van der Waals surface area contributed by atoms with Crippen LogP contribution in [-0.4, -0.2) is 38.8 Å². The highest BCUT2D eigenvalue weighted by molar-refractivity contribution is 7.89. The molecule has 3 rings (SSSR count). The zero-order valence-electron chi connectivity index (χ0n) is 15.1. The number of nitrogens with zero attached hydrogens (tertiary/aromatic N) is 1. The maximum atomic E-state index is 13.0. The molecule has 7 heteroatoms. The number of methoxy groups -OCH3 is 1. The average Bonchev–Trinajstić information content (AvgIpc) is 2.69. The fourth-order valence-electron chi connectivity index (χ4n) is 3.48. The molecule has 0 aromatic heterocycles. The summed E-state index contributed by atoms with van der Waals surface area (Å²) in [6.07, 6.45) is 9.33. The van der Waals surface area contributed by atoms with Crippen molar-refractivity contribution in [1.82, 2.24) is 4.31 Å². The molecular formula is C19H26N2O4S. The summed E-state index contributed by atoms with van der Waals surface area (Å²) in [7, 11) is -2.19. The molecule has 1 atom stereocenters. The monoisotopic (exact) mass is 378 g/mol. The van der Waals surface area contributed by atoms with Crippen LogP contribution in [0.1, 0.15) is 38.5 Å². The third kappa shape index (κ3) is 4.10. The second-order valence-electron chi connectivity index (χ2n) is 6.80. The number of hydrogen-bond acceptors (Lipinski definition) is 4. The number of amides is 1. The minimum atomic E-state index is -3.64. The molecule has 1 aromatic carbocycles. The van der Waals surface area contributed by atoms with Crippen LogP contribution in [0.5, 0.6) is 5.75 Å². The summed E-state index contributed by atoms with van der Waals surface area (Å²) < 4.78 is 32.8. The van der Waals surface area contributed by atoms with Crippen molar-refractivity contribution in [3.8, 4) is 5.75 Å². The van der Waals surface area contributed by atoms with Crippen LogP contribution in [0, 0.1) is 5.92 Å². The van der Waals surface area contributed by atoms with Gasteiger partial charge < -0.3 is 10.1 Å². The standard InChI is InChI=1S/C19H26N2O4S/c1-25-17-11-10-16(20-19(22)15-8-4-2-5-9-15)14-18(17)26(23,24)21-12-6-3-7-13-21/h2,4,10-11,14-15H,3,5-9,12-13H2,1H3,(H,20,22)/t15-/m0/s1. The third-order valence-corrected chi connectivity index (χ3v) is 6.92. The van der Waals surface area contributed by atoms with E-state index in [-0.39, 0.29) is 16.7 Å². The van der Waals surface area contributed by atoms with E-state index in [1.165, 1.54) is 17.5 Å². The lowest BCUT2D eigenvalue weighted by Gasteiger charge is -2.26. The smallest absolute Gasteiger partial charge is 0.246 e. The molecule has 142 valence electrons. The molecule has 1 aliphatic carbocycles. The van der Waals surface area contributed by atoms with Crippen molar-refractivity contribution < 1.29 is 17.9 Å². The van der Waals surface area contributed by atoms with Crippen molar-refractivity contribution in [3.63, 3.8) is 0 Å². The lowest BCUT2D eigenvalue weighted by atomic mass is 9.93. The van der Waals surface area contributed by atoms with Gasteiger partial charge in [-0.1, -0.05) is 18.6 Å². The van der Waals surface area contributed by atoms with E-state index in [4.69, 9.17) is 4.74 Å². The normalized spacial score (nSPS) is 21.3. The van der Waals surface area contributed by atoms with E-state index in [1.807, 2.05) is 6.08 Å². The third-order valence-electron chi connectivity index (χ3n) is 5.00. The predicted molar refractivity (Wildman–Crippen MR) is 101 cm³/mol. The van der Waals surface area contributed by atoms with E-state index in [1.54, 1.807) is 12.1 Å². The first-order chi connectivity index (χ1) is 12.5. The molecule has 0 unspecified atom stereocenters. The Balaban J connectivity index is 1.84. The van der Waals surface area contributed by atoms with E-state index in [2.05, 4.69) is 11.4 Å². The Morgan fingerprint density at radius 3 is 2.62 bits per heavy atom. The van der Waals surface area contributed by atoms with Gasteiger partial charge in [0.05, 0.1) is 7.11 Å². The van der Waals surface area contributed by atoms with Crippen molar-refractivity contribution in [2.75, 3.05) is 25.5 Å². The maximum Gasteiger partial charge on any atom is 0.246 e. The first kappa shape index (κ1) is 18.9. The molecule has 26 heavy (non-hydrogen) atoms. The van der Waals surface area contributed by atoms with Crippen molar-refractivity contribution in [1.29, 1.82) is 0 Å². The first-order valence-electron chi connectivity index (χ1n) is 9.16. The number of ether oxygens (including phenoxy) is 1. The van der Waals surface area contributed by atoms with Gasteiger partial charge in [0.2, 0.25) is 15.9 Å². The van der Waals surface area contributed by atoms with Crippen LogP contribution >= 0.6 is 0 Å². The number of carbonyl (C=O) groups is 1. The van der Waals surface area contributed by atoms with Crippen LogP contribution in [-0.2, 0) is 14.8 Å². The van der Waals surface area contributed by atoms with Gasteiger partial charge in [0.15, 0.2) is 0 Å². The minimum absolute atomic E-state index is 0.0655. The molecule has 1 heterocycles. The summed E-state index contributed by atoms with van der Waals surface area (Å²) in [6, 6.07) is 4.80. The van der Waals surface area contributed by atoms with Crippen LogP contribution in [0.15, 0.2) is 35.2 Å². The van der Waals surface area contributed by atoms with E-state index >= 15 is 0 Å². The van der Waals surface area contributed by atoms with Gasteiger partial charge in [-0.05, 0) is 50.3 Å². The van der Waals surface area contributed by atoms with Gasteiger partial charge in [-0.15, -0.1) is 0 Å². The summed E-state index contributed by atoms with van der Waals surface area (Å²) in [4.78, 5) is 12.6. The highest BCUT2D eigenvalue weighted by Gasteiger charge is 2.29. The molecule has 1 saturated heterocycles. The van der Waals surface area contributed by atoms with Crippen LogP contribution in [0.4, 0.5) is 5.69 Å². The van der Waals surface area contributed by atoms with Gasteiger partial charge >= 0.3 is 0 Å². The van der Waals surface area contributed by atoms with Crippen molar-refractivity contribution in [2.24, 2.45) is 5.92 Å². The second kappa shape index (κ2) is 8.22. The summed E-state index contributed by atoms with van der Waals surface area (Å²) >= 11 is 0. The molecule has 2 aliphatic rings. The van der Waals surface area contributed by atoms with Crippen molar-refractivity contribution in [3.05, 3.63) is 30.4 Å². The average molecular weight is 378 g/mol. The largest absolute Gasteiger partial charge is 0.495 e. The zero-order chi connectivity index (χ0) is 18.6. The Labute approximate surface area is 155 Å². The summed E-state index contributed by atoms with van der Waals surface area (Å²) in [5.74, 6) is 0.166. The summed E-state index contributed by atoms with van der Waals surface area (Å²) in [5.41, 5.74) is 0.487. The molecule has 1 fully saturated rings. The minimum Gasteiger partial charge on any atom is -0.495 e. The number of hydrogen-bond donors (Lipinski definition) is 1. The Morgan fingerprint density at radius 1 is 1.19 bits per heavy atom. The van der Waals surface area contributed by atoms with Crippen molar-refractivity contribution in [2.45, 2.75) is 43.4 Å².